The van der Waals surface area contributed by atoms with Gasteiger partial charge in [-0.3, -0.25) is 9.89 Å². The van der Waals surface area contributed by atoms with E-state index >= 15 is 0 Å². The Kier molecular flexibility index (Phi) is 8.49. The van der Waals surface area contributed by atoms with E-state index < -0.39 is 0 Å². The van der Waals surface area contributed by atoms with Crippen molar-refractivity contribution in [2.45, 2.75) is 58.9 Å². The quantitative estimate of drug-likeness (QED) is 0.687. The van der Waals surface area contributed by atoms with Gasteiger partial charge in [-0.15, -0.1) is 12.4 Å². The lowest BCUT2D eigenvalue weighted by atomic mass is 9.97. The predicted molar refractivity (Wildman–Crippen MR) is 91.5 cm³/mol. The first-order valence-corrected chi connectivity index (χ1v) is 8.31. The molecule has 0 saturated heterocycles. The highest BCUT2D eigenvalue weighted by Crippen LogP contribution is 2.17. The van der Waals surface area contributed by atoms with Crippen molar-refractivity contribution >= 4 is 18.3 Å². The summed E-state index contributed by atoms with van der Waals surface area (Å²) in [5.74, 6) is 0.556. The van der Waals surface area contributed by atoms with E-state index in [-0.39, 0.29) is 18.3 Å². The Morgan fingerprint density at radius 2 is 2.14 bits per heavy atom. The number of aromatic amines is 1. The number of halogens is 1. The van der Waals surface area contributed by atoms with E-state index in [1.54, 1.807) is 0 Å². The fraction of sp³-hybridized carbons (Fsp3) is 0.750. The number of rotatable bonds is 8. The average molecular weight is 329 g/mol. The van der Waals surface area contributed by atoms with Crippen LogP contribution in [0.1, 0.15) is 67.7 Å². The summed E-state index contributed by atoms with van der Waals surface area (Å²) in [6.45, 7) is 6.87. The molecular formula is C16H29ClN4O. The highest BCUT2D eigenvalue weighted by Gasteiger charge is 2.21. The molecule has 3 N–H and O–H groups in total. The molecular weight excluding hydrogens is 300 g/mol. The van der Waals surface area contributed by atoms with Crippen LogP contribution in [0.4, 0.5) is 0 Å². The van der Waals surface area contributed by atoms with Gasteiger partial charge in [0.25, 0.3) is 5.91 Å². The minimum absolute atomic E-state index is 0. The van der Waals surface area contributed by atoms with Crippen LogP contribution in [0.3, 0.4) is 0 Å². The van der Waals surface area contributed by atoms with Crippen LogP contribution in [0.15, 0.2) is 0 Å². The number of hydrogen-bond acceptors (Lipinski definition) is 3. The zero-order valence-electron chi connectivity index (χ0n) is 13.7. The molecule has 1 aliphatic heterocycles. The van der Waals surface area contributed by atoms with Gasteiger partial charge < -0.3 is 10.6 Å². The zero-order valence-corrected chi connectivity index (χ0v) is 14.5. The Morgan fingerprint density at radius 1 is 1.32 bits per heavy atom. The molecule has 0 spiro atoms. The van der Waals surface area contributed by atoms with E-state index in [1.807, 2.05) is 0 Å². The van der Waals surface area contributed by atoms with Gasteiger partial charge in [0.2, 0.25) is 0 Å². The number of hydrogen-bond donors (Lipinski definition) is 3. The number of aromatic nitrogens is 2. The van der Waals surface area contributed by atoms with Crippen molar-refractivity contribution < 1.29 is 4.79 Å². The average Bonchev–Trinajstić information content (AvgIpc) is 2.94. The van der Waals surface area contributed by atoms with Gasteiger partial charge >= 0.3 is 0 Å². The molecule has 0 bridgehead atoms. The summed E-state index contributed by atoms with van der Waals surface area (Å²) in [6, 6.07) is 0. The molecule has 1 unspecified atom stereocenters. The van der Waals surface area contributed by atoms with Crippen molar-refractivity contribution in [3.63, 3.8) is 0 Å². The second-order valence-corrected chi connectivity index (χ2v) is 5.96. The normalized spacial score (nSPS) is 14.8. The summed E-state index contributed by atoms with van der Waals surface area (Å²) < 4.78 is 0. The maximum absolute atomic E-state index is 12.3. The molecule has 22 heavy (non-hydrogen) atoms. The maximum Gasteiger partial charge on any atom is 0.272 e. The van der Waals surface area contributed by atoms with Gasteiger partial charge in [-0.2, -0.15) is 5.10 Å². The number of nitrogens with zero attached hydrogens (tertiary/aromatic N) is 1. The minimum atomic E-state index is -0.0335. The van der Waals surface area contributed by atoms with Crippen molar-refractivity contribution in [3.05, 3.63) is 17.0 Å². The highest BCUT2D eigenvalue weighted by molar-refractivity contribution is 5.94. The topological polar surface area (TPSA) is 69.8 Å². The number of carbonyl (C=O) groups excluding carboxylic acids is 1. The molecule has 1 atom stereocenters. The smallest absolute Gasteiger partial charge is 0.272 e. The molecule has 2 heterocycles. The summed E-state index contributed by atoms with van der Waals surface area (Å²) in [4.78, 5) is 12.3. The zero-order chi connectivity index (χ0) is 15.1. The van der Waals surface area contributed by atoms with Gasteiger partial charge in [0.1, 0.15) is 0 Å². The lowest BCUT2D eigenvalue weighted by molar-refractivity contribution is 0.0939. The third-order valence-electron chi connectivity index (χ3n) is 4.24. The lowest BCUT2D eigenvalue weighted by Gasteiger charge is -2.17. The summed E-state index contributed by atoms with van der Waals surface area (Å²) in [5.41, 5.74) is 2.72. The number of carbonyl (C=O) groups is 1. The monoisotopic (exact) mass is 328 g/mol. The first kappa shape index (κ1) is 19.0. The van der Waals surface area contributed by atoms with E-state index in [0.717, 1.165) is 37.3 Å². The van der Waals surface area contributed by atoms with Crippen molar-refractivity contribution in [1.82, 2.24) is 20.8 Å². The molecule has 1 amide bonds. The van der Waals surface area contributed by atoms with E-state index in [1.165, 1.54) is 32.1 Å². The molecule has 0 radical (unpaired) electrons. The molecule has 2 rings (SSSR count). The van der Waals surface area contributed by atoms with Crippen LogP contribution in [-0.2, 0) is 13.0 Å². The number of H-pyrrole nitrogens is 1. The van der Waals surface area contributed by atoms with Crippen LogP contribution in [-0.4, -0.2) is 29.2 Å². The summed E-state index contributed by atoms with van der Waals surface area (Å²) >= 11 is 0. The summed E-state index contributed by atoms with van der Waals surface area (Å²) in [6.07, 6.45) is 6.93. The van der Waals surface area contributed by atoms with Crippen LogP contribution in [0, 0.1) is 5.92 Å². The third-order valence-corrected chi connectivity index (χ3v) is 4.24. The van der Waals surface area contributed by atoms with Crippen molar-refractivity contribution in [2.75, 3.05) is 13.1 Å². The minimum Gasteiger partial charge on any atom is -0.350 e. The Bertz CT molecular complexity index is 461. The van der Waals surface area contributed by atoms with Gasteiger partial charge in [-0.05, 0) is 18.8 Å². The maximum atomic E-state index is 12.3. The predicted octanol–water partition coefficient (Wildman–Crippen LogP) is 2.81. The summed E-state index contributed by atoms with van der Waals surface area (Å²) in [7, 11) is 0. The fourth-order valence-electron chi connectivity index (χ4n) is 2.98. The van der Waals surface area contributed by atoms with E-state index in [4.69, 9.17) is 0 Å². The van der Waals surface area contributed by atoms with Crippen molar-refractivity contribution in [1.29, 1.82) is 0 Å². The Morgan fingerprint density at radius 3 is 2.86 bits per heavy atom. The molecule has 0 aliphatic carbocycles. The van der Waals surface area contributed by atoms with Crippen molar-refractivity contribution in [3.8, 4) is 0 Å². The van der Waals surface area contributed by atoms with Gasteiger partial charge in [0.05, 0.1) is 0 Å². The Balaban J connectivity index is 0.00000242. The van der Waals surface area contributed by atoms with Crippen LogP contribution in [0.5, 0.6) is 0 Å². The molecule has 0 fully saturated rings. The Labute approximate surface area is 139 Å². The second kappa shape index (κ2) is 9.85. The Hall–Kier alpha value is -1.07. The van der Waals surface area contributed by atoms with Crippen LogP contribution in [0.25, 0.3) is 0 Å². The fourth-order valence-corrected chi connectivity index (χ4v) is 2.98. The van der Waals surface area contributed by atoms with Gasteiger partial charge in [0, 0.05) is 37.3 Å². The van der Waals surface area contributed by atoms with Gasteiger partial charge in [-0.25, -0.2) is 0 Å². The number of fused-ring (bicyclic) bond motifs is 1. The standard InChI is InChI=1S/C16H28N4O.ClH/c1-3-5-7-12(6-4-2)10-18-16(21)15-13-11-17-9-8-14(13)19-20-15;/h12,17H,3-11H2,1-2H3,(H,18,21)(H,19,20);1H. The molecule has 1 aromatic rings. The van der Waals surface area contributed by atoms with Gasteiger partial charge in [-0.1, -0.05) is 33.1 Å². The van der Waals surface area contributed by atoms with E-state index in [2.05, 4.69) is 34.7 Å². The first-order valence-electron chi connectivity index (χ1n) is 8.31. The molecule has 5 nitrogen and oxygen atoms in total. The molecule has 6 heteroatoms. The summed E-state index contributed by atoms with van der Waals surface area (Å²) in [5, 5.41) is 13.6. The molecule has 0 saturated carbocycles. The molecule has 126 valence electrons. The van der Waals surface area contributed by atoms with Crippen LogP contribution < -0.4 is 10.6 Å². The molecule has 0 aromatic carbocycles. The number of unbranched alkanes of at least 4 members (excludes halogenated alkanes) is 1. The third kappa shape index (κ3) is 4.99. The van der Waals surface area contributed by atoms with E-state index in [9.17, 15) is 4.79 Å². The largest absolute Gasteiger partial charge is 0.350 e. The first-order chi connectivity index (χ1) is 10.3. The van der Waals surface area contributed by atoms with Crippen molar-refractivity contribution in [2.24, 2.45) is 5.92 Å². The van der Waals surface area contributed by atoms with Crippen LogP contribution >= 0.6 is 12.4 Å². The SMILES string of the molecule is CCCCC(CCC)CNC(=O)c1n[nH]c2c1CNCC2.Cl. The van der Waals surface area contributed by atoms with Gasteiger partial charge in [0.15, 0.2) is 5.69 Å². The highest BCUT2D eigenvalue weighted by atomic mass is 35.5. The molecule has 1 aromatic heterocycles. The molecule has 1 aliphatic rings. The number of amides is 1. The van der Waals surface area contributed by atoms with Crippen LogP contribution in [0.2, 0.25) is 0 Å². The number of nitrogens with one attached hydrogen (secondary N) is 3. The lowest BCUT2D eigenvalue weighted by Crippen LogP contribution is -2.31. The van der Waals surface area contributed by atoms with E-state index in [0.29, 0.717) is 11.6 Å². The second-order valence-electron chi connectivity index (χ2n) is 5.96.